The molecule has 0 aliphatic heterocycles. The molecule has 3 heteroatoms. The van der Waals surface area contributed by atoms with Gasteiger partial charge in [0.05, 0.1) is 11.4 Å². The van der Waals surface area contributed by atoms with Crippen molar-refractivity contribution in [2.75, 3.05) is 23.3 Å². The predicted octanol–water partition coefficient (Wildman–Crippen LogP) is 3.23. The third kappa shape index (κ3) is 3.55. The van der Waals surface area contributed by atoms with Gasteiger partial charge in [0.15, 0.2) is 0 Å². The molecular formula is C14H23N3. The molecule has 1 saturated carbocycles. The fraction of sp³-hybridized carbons (Fsp3) is 0.571. The maximum absolute atomic E-state index is 5.77. The third-order valence-corrected chi connectivity index (χ3v) is 3.69. The van der Waals surface area contributed by atoms with Gasteiger partial charge < -0.3 is 16.8 Å². The smallest absolute Gasteiger partial charge is 0.0568 e. The molecule has 1 aliphatic rings. The van der Waals surface area contributed by atoms with Crippen LogP contribution in [-0.2, 0) is 0 Å². The maximum Gasteiger partial charge on any atom is 0.0568 e. The lowest BCUT2D eigenvalue weighted by atomic mass is 9.87. The van der Waals surface area contributed by atoms with E-state index in [4.69, 9.17) is 11.5 Å². The topological polar surface area (TPSA) is 64.1 Å². The van der Waals surface area contributed by atoms with E-state index >= 15 is 0 Å². The zero-order valence-corrected chi connectivity index (χ0v) is 10.4. The van der Waals surface area contributed by atoms with E-state index in [9.17, 15) is 0 Å². The number of rotatable bonds is 4. The molecule has 1 aromatic rings. The second-order valence-electron chi connectivity index (χ2n) is 5.06. The summed E-state index contributed by atoms with van der Waals surface area (Å²) in [5.41, 5.74) is 13.8. The average Bonchev–Trinajstić information content (AvgIpc) is 2.35. The summed E-state index contributed by atoms with van der Waals surface area (Å²) in [7, 11) is 0. The molecule has 0 spiro atoms. The van der Waals surface area contributed by atoms with Crippen molar-refractivity contribution in [3.05, 3.63) is 18.2 Å². The number of hydrogen-bond acceptors (Lipinski definition) is 3. The summed E-state index contributed by atoms with van der Waals surface area (Å²) in [6.45, 7) is 1.04. The second kappa shape index (κ2) is 5.80. The molecule has 2 rings (SSSR count). The summed E-state index contributed by atoms with van der Waals surface area (Å²) in [5, 5.41) is 3.42. The Morgan fingerprint density at radius 3 is 2.53 bits per heavy atom. The van der Waals surface area contributed by atoms with Crippen LogP contribution in [-0.4, -0.2) is 6.54 Å². The standard InChI is InChI=1S/C14H23N3/c15-13-7-6-12(10-14(13)16)17-9-8-11-4-2-1-3-5-11/h6-7,10-11,17H,1-5,8-9,15-16H2. The Morgan fingerprint density at radius 1 is 1.06 bits per heavy atom. The second-order valence-corrected chi connectivity index (χ2v) is 5.06. The molecule has 1 aromatic carbocycles. The molecule has 94 valence electrons. The maximum atomic E-state index is 5.77. The van der Waals surface area contributed by atoms with Gasteiger partial charge in [0, 0.05) is 12.2 Å². The highest BCUT2D eigenvalue weighted by molar-refractivity contribution is 5.69. The van der Waals surface area contributed by atoms with E-state index in [-0.39, 0.29) is 0 Å². The Kier molecular flexibility index (Phi) is 4.13. The lowest BCUT2D eigenvalue weighted by molar-refractivity contribution is 0.345. The first-order chi connectivity index (χ1) is 8.25. The first-order valence-corrected chi connectivity index (χ1v) is 6.64. The molecule has 0 heterocycles. The van der Waals surface area contributed by atoms with Gasteiger partial charge in [0.2, 0.25) is 0 Å². The van der Waals surface area contributed by atoms with Crippen molar-refractivity contribution in [1.29, 1.82) is 0 Å². The summed E-state index contributed by atoms with van der Waals surface area (Å²) in [6.07, 6.45) is 8.35. The van der Waals surface area contributed by atoms with E-state index in [0.29, 0.717) is 11.4 Å². The average molecular weight is 233 g/mol. The summed E-state index contributed by atoms with van der Waals surface area (Å²) in [4.78, 5) is 0. The van der Waals surface area contributed by atoms with Crippen molar-refractivity contribution in [2.45, 2.75) is 38.5 Å². The Hall–Kier alpha value is -1.38. The number of hydrogen-bond donors (Lipinski definition) is 3. The molecule has 0 aromatic heterocycles. The molecule has 0 radical (unpaired) electrons. The van der Waals surface area contributed by atoms with Crippen molar-refractivity contribution < 1.29 is 0 Å². The molecular weight excluding hydrogens is 210 g/mol. The first kappa shape index (κ1) is 12.1. The predicted molar refractivity (Wildman–Crippen MR) is 74.9 cm³/mol. The Labute approximate surface area is 104 Å². The molecule has 0 bridgehead atoms. The zero-order valence-electron chi connectivity index (χ0n) is 10.4. The van der Waals surface area contributed by atoms with E-state index in [1.54, 1.807) is 0 Å². The van der Waals surface area contributed by atoms with Crippen molar-refractivity contribution in [3.8, 4) is 0 Å². The highest BCUT2D eigenvalue weighted by Gasteiger charge is 2.12. The van der Waals surface area contributed by atoms with Gasteiger partial charge in [0.25, 0.3) is 0 Å². The van der Waals surface area contributed by atoms with Crippen LogP contribution in [0.3, 0.4) is 0 Å². The van der Waals surface area contributed by atoms with Gasteiger partial charge in [-0.05, 0) is 30.5 Å². The van der Waals surface area contributed by atoms with Crippen LogP contribution >= 0.6 is 0 Å². The molecule has 1 aliphatic carbocycles. The molecule has 17 heavy (non-hydrogen) atoms. The summed E-state index contributed by atoms with van der Waals surface area (Å²) in [6, 6.07) is 5.76. The minimum atomic E-state index is 0.655. The van der Waals surface area contributed by atoms with Gasteiger partial charge in [-0.25, -0.2) is 0 Å². The largest absolute Gasteiger partial charge is 0.397 e. The third-order valence-electron chi connectivity index (χ3n) is 3.69. The van der Waals surface area contributed by atoms with Crippen LogP contribution in [0.5, 0.6) is 0 Å². The van der Waals surface area contributed by atoms with Crippen LogP contribution in [0.1, 0.15) is 38.5 Å². The van der Waals surface area contributed by atoms with Crippen LogP contribution in [0.25, 0.3) is 0 Å². The molecule has 0 amide bonds. The number of nitrogens with one attached hydrogen (secondary N) is 1. The molecule has 1 fully saturated rings. The highest BCUT2D eigenvalue weighted by atomic mass is 14.9. The summed E-state index contributed by atoms with van der Waals surface area (Å²) < 4.78 is 0. The van der Waals surface area contributed by atoms with Crippen molar-refractivity contribution in [1.82, 2.24) is 0 Å². The normalized spacial score (nSPS) is 16.9. The lowest BCUT2D eigenvalue weighted by Gasteiger charge is -2.21. The summed E-state index contributed by atoms with van der Waals surface area (Å²) in [5.74, 6) is 0.919. The van der Waals surface area contributed by atoms with Gasteiger partial charge in [0.1, 0.15) is 0 Å². The van der Waals surface area contributed by atoms with Crippen LogP contribution in [0, 0.1) is 5.92 Å². The number of nitrogen functional groups attached to an aromatic ring is 2. The molecule has 5 N–H and O–H groups in total. The molecule has 0 unspecified atom stereocenters. The van der Waals surface area contributed by atoms with Gasteiger partial charge in [-0.3, -0.25) is 0 Å². The number of nitrogens with two attached hydrogens (primary N) is 2. The lowest BCUT2D eigenvalue weighted by Crippen LogP contribution is -2.12. The highest BCUT2D eigenvalue weighted by Crippen LogP contribution is 2.26. The molecule has 0 atom stereocenters. The summed E-state index contributed by atoms with van der Waals surface area (Å²) >= 11 is 0. The van der Waals surface area contributed by atoms with Crippen molar-refractivity contribution in [3.63, 3.8) is 0 Å². The van der Waals surface area contributed by atoms with E-state index in [0.717, 1.165) is 18.2 Å². The SMILES string of the molecule is Nc1ccc(NCCC2CCCCC2)cc1N. The van der Waals surface area contributed by atoms with Crippen LogP contribution in [0.15, 0.2) is 18.2 Å². The fourth-order valence-electron chi connectivity index (χ4n) is 2.58. The quantitative estimate of drug-likeness (QED) is 0.699. The Bertz CT molecular complexity index is 356. The Balaban J connectivity index is 1.75. The van der Waals surface area contributed by atoms with E-state index < -0.39 is 0 Å². The minimum absolute atomic E-state index is 0.655. The Morgan fingerprint density at radius 2 is 1.82 bits per heavy atom. The van der Waals surface area contributed by atoms with Gasteiger partial charge >= 0.3 is 0 Å². The van der Waals surface area contributed by atoms with Crippen LogP contribution in [0.4, 0.5) is 17.1 Å². The first-order valence-electron chi connectivity index (χ1n) is 6.64. The number of anilines is 3. The van der Waals surface area contributed by atoms with E-state index in [2.05, 4.69) is 5.32 Å². The van der Waals surface area contributed by atoms with Gasteiger partial charge in [-0.2, -0.15) is 0 Å². The fourth-order valence-corrected chi connectivity index (χ4v) is 2.58. The monoisotopic (exact) mass is 233 g/mol. The van der Waals surface area contributed by atoms with E-state index in [1.165, 1.54) is 38.5 Å². The van der Waals surface area contributed by atoms with Crippen LogP contribution < -0.4 is 16.8 Å². The minimum Gasteiger partial charge on any atom is -0.397 e. The van der Waals surface area contributed by atoms with Gasteiger partial charge in [-0.15, -0.1) is 0 Å². The number of benzene rings is 1. The van der Waals surface area contributed by atoms with Crippen LogP contribution in [0.2, 0.25) is 0 Å². The zero-order chi connectivity index (χ0) is 12.1. The van der Waals surface area contributed by atoms with Crippen molar-refractivity contribution in [2.24, 2.45) is 5.92 Å². The molecule has 3 nitrogen and oxygen atoms in total. The van der Waals surface area contributed by atoms with E-state index in [1.807, 2.05) is 18.2 Å². The van der Waals surface area contributed by atoms with Crippen molar-refractivity contribution >= 4 is 17.1 Å². The van der Waals surface area contributed by atoms with Gasteiger partial charge in [-0.1, -0.05) is 32.1 Å². The molecule has 0 saturated heterocycles.